The molecule has 0 spiro atoms. The van der Waals surface area contributed by atoms with Crippen LogP contribution in [0.3, 0.4) is 0 Å². The lowest BCUT2D eigenvalue weighted by Crippen LogP contribution is -2.18. The van der Waals surface area contributed by atoms with Crippen LogP contribution < -0.4 is 5.32 Å². The number of ketones is 1. The van der Waals surface area contributed by atoms with E-state index in [1.807, 2.05) is 24.3 Å². The average Bonchev–Trinajstić information content (AvgIpc) is 3.08. The van der Waals surface area contributed by atoms with Gasteiger partial charge in [-0.3, -0.25) is 14.5 Å². The second kappa shape index (κ2) is 7.41. The molecule has 0 radical (unpaired) electrons. The molecule has 2 aromatic carbocycles. The molecule has 0 unspecified atom stereocenters. The largest absolute Gasteiger partial charge is 0.322 e. The number of nitrogens with one attached hydrogen (secondary N) is 1. The van der Waals surface area contributed by atoms with Crippen LogP contribution in [-0.4, -0.2) is 29.7 Å². The van der Waals surface area contributed by atoms with E-state index >= 15 is 0 Å². The summed E-state index contributed by atoms with van der Waals surface area (Å²) in [4.78, 5) is 26.2. The van der Waals surface area contributed by atoms with Crippen molar-refractivity contribution in [1.82, 2.24) is 4.90 Å². The van der Waals surface area contributed by atoms with E-state index in [0.717, 1.165) is 19.6 Å². The number of carbonyl (C=O) groups is 2. The van der Waals surface area contributed by atoms with Gasteiger partial charge in [0.2, 0.25) is 0 Å². The van der Waals surface area contributed by atoms with Crippen LogP contribution in [0.15, 0.2) is 48.5 Å². The van der Waals surface area contributed by atoms with Gasteiger partial charge in [0.05, 0.1) is 0 Å². The van der Waals surface area contributed by atoms with Crippen LogP contribution in [0.25, 0.3) is 0 Å². The molecule has 0 saturated carbocycles. The van der Waals surface area contributed by atoms with Gasteiger partial charge < -0.3 is 5.32 Å². The number of nitrogens with zero attached hydrogens (tertiary/aromatic N) is 1. The van der Waals surface area contributed by atoms with Gasteiger partial charge in [-0.05, 0) is 62.7 Å². The van der Waals surface area contributed by atoms with Gasteiger partial charge in [-0.15, -0.1) is 0 Å². The first-order valence-electron chi connectivity index (χ1n) is 8.35. The maximum absolute atomic E-state index is 12.3. The summed E-state index contributed by atoms with van der Waals surface area (Å²) in [5.41, 5.74) is 3.07. The van der Waals surface area contributed by atoms with E-state index in [-0.39, 0.29) is 11.7 Å². The second-order valence-electron chi connectivity index (χ2n) is 6.27. The monoisotopic (exact) mass is 322 g/mol. The molecular weight excluding hydrogens is 300 g/mol. The van der Waals surface area contributed by atoms with E-state index in [2.05, 4.69) is 10.2 Å². The Kier molecular flexibility index (Phi) is 5.06. The molecule has 1 saturated heterocycles. The van der Waals surface area contributed by atoms with Crippen molar-refractivity contribution in [3.05, 3.63) is 65.2 Å². The van der Waals surface area contributed by atoms with Crippen LogP contribution in [0.1, 0.15) is 46.0 Å². The lowest BCUT2D eigenvalue weighted by Gasteiger charge is -2.14. The van der Waals surface area contributed by atoms with Gasteiger partial charge in [0.25, 0.3) is 5.91 Å². The number of rotatable bonds is 5. The molecule has 0 aromatic heterocycles. The Labute approximate surface area is 142 Å². The first-order valence-corrected chi connectivity index (χ1v) is 8.35. The van der Waals surface area contributed by atoms with Crippen LogP contribution >= 0.6 is 0 Å². The van der Waals surface area contributed by atoms with Crippen molar-refractivity contribution in [2.45, 2.75) is 26.3 Å². The zero-order valence-corrected chi connectivity index (χ0v) is 13.9. The number of carbonyl (C=O) groups excluding carboxylic acids is 2. The van der Waals surface area contributed by atoms with Crippen LogP contribution in [0.5, 0.6) is 0 Å². The number of hydrogen-bond acceptors (Lipinski definition) is 3. The topological polar surface area (TPSA) is 49.4 Å². The Balaban J connectivity index is 1.64. The van der Waals surface area contributed by atoms with E-state index in [4.69, 9.17) is 0 Å². The molecule has 0 aliphatic carbocycles. The molecule has 24 heavy (non-hydrogen) atoms. The third kappa shape index (κ3) is 4.09. The van der Waals surface area contributed by atoms with Gasteiger partial charge in [0, 0.05) is 23.4 Å². The smallest absolute Gasteiger partial charge is 0.255 e. The summed E-state index contributed by atoms with van der Waals surface area (Å²) in [5, 5.41) is 2.84. The highest BCUT2D eigenvalue weighted by Gasteiger charge is 2.12. The Morgan fingerprint density at radius 1 is 1.00 bits per heavy atom. The summed E-state index contributed by atoms with van der Waals surface area (Å²) in [6.07, 6.45) is 2.56. The van der Waals surface area contributed by atoms with Crippen LogP contribution in [0, 0.1) is 0 Å². The molecule has 1 amide bonds. The molecule has 3 rings (SSSR count). The number of hydrogen-bond donors (Lipinski definition) is 1. The van der Waals surface area contributed by atoms with E-state index in [1.165, 1.54) is 25.3 Å². The van der Waals surface area contributed by atoms with E-state index < -0.39 is 0 Å². The summed E-state index contributed by atoms with van der Waals surface area (Å²) in [7, 11) is 0. The normalized spacial score (nSPS) is 14.5. The highest BCUT2D eigenvalue weighted by atomic mass is 16.1. The Morgan fingerprint density at radius 2 is 1.71 bits per heavy atom. The number of anilines is 1. The summed E-state index contributed by atoms with van der Waals surface area (Å²) < 4.78 is 0. The van der Waals surface area contributed by atoms with Gasteiger partial charge in [-0.1, -0.05) is 24.3 Å². The predicted molar refractivity (Wildman–Crippen MR) is 95.4 cm³/mol. The average molecular weight is 322 g/mol. The van der Waals surface area contributed by atoms with Crippen molar-refractivity contribution in [2.24, 2.45) is 0 Å². The lowest BCUT2D eigenvalue weighted by atomic mass is 10.1. The molecule has 1 N–H and O–H groups in total. The zero-order chi connectivity index (χ0) is 16.9. The summed E-state index contributed by atoms with van der Waals surface area (Å²) in [6, 6.07) is 14.7. The zero-order valence-electron chi connectivity index (χ0n) is 13.9. The fourth-order valence-electron chi connectivity index (χ4n) is 2.98. The standard InChI is InChI=1S/C20H22N2O2/c1-15(23)18-5-4-6-19(13-18)21-20(24)17-9-7-16(8-10-17)14-22-11-2-3-12-22/h4-10,13H,2-3,11-12,14H2,1H3,(H,21,24). The SMILES string of the molecule is CC(=O)c1cccc(NC(=O)c2ccc(CN3CCCC3)cc2)c1. The number of benzene rings is 2. The summed E-state index contributed by atoms with van der Waals surface area (Å²) in [6.45, 7) is 4.78. The van der Waals surface area contributed by atoms with Crippen molar-refractivity contribution in [2.75, 3.05) is 18.4 Å². The minimum atomic E-state index is -0.163. The van der Waals surface area contributed by atoms with Crippen LogP contribution in [0.4, 0.5) is 5.69 Å². The third-order valence-corrected chi connectivity index (χ3v) is 4.35. The quantitative estimate of drug-likeness (QED) is 0.853. The first-order chi connectivity index (χ1) is 11.6. The fraction of sp³-hybridized carbons (Fsp3) is 0.300. The highest BCUT2D eigenvalue weighted by Crippen LogP contribution is 2.15. The Bertz CT molecular complexity index is 732. The molecule has 1 aliphatic heterocycles. The fourth-order valence-corrected chi connectivity index (χ4v) is 2.98. The molecule has 1 aliphatic rings. The van der Waals surface area contributed by atoms with Crippen molar-refractivity contribution in [3.63, 3.8) is 0 Å². The number of Topliss-reactive ketones (excluding diaryl/α,β-unsaturated/α-hetero) is 1. The van der Waals surface area contributed by atoms with E-state index in [1.54, 1.807) is 24.3 Å². The molecule has 4 heteroatoms. The molecule has 2 aromatic rings. The predicted octanol–water partition coefficient (Wildman–Crippen LogP) is 3.74. The van der Waals surface area contributed by atoms with Gasteiger partial charge in [0.15, 0.2) is 5.78 Å². The van der Waals surface area contributed by atoms with Crippen molar-refractivity contribution < 1.29 is 9.59 Å². The third-order valence-electron chi connectivity index (χ3n) is 4.35. The number of likely N-dealkylation sites (tertiary alicyclic amines) is 1. The molecule has 1 heterocycles. The van der Waals surface area contributed by atoms with Gasteiger partial charge in [-0.2, -0.15) is 0 Å². The van der Waals surface area contributed by atoms with Gasteiger partial charge in [-0.25, -0.2) is 0 Å². The molecule has 0 atom stereocenters. The van der Waals surface area contributed by atoms with Crippen molar-refractivity contribution in [1.29, 1.82) is 0 Å². The minimum Gasteiger partial charge on any atom is -0.322 e. The van der Waals surface area contributed by atoms with E-state index in [9.17, 15) is 9.59 Å². The lowest BCUT2D eigenvalue weighted by molar-refractivity contribution is 0.101. The second-order valence-corrected chi connectivity index (χ2v) is 6.27. The van der Waals surface area contributed by atoms with E-state index in [0.29, 0.717) is 16.8 Å². The summed E-state index contributed by atoms with van der Waals surface area (Å²) >= 11 is 0. The van der Waals surface area contributed by atoms with Crippen LogP contribution in [-0.2, 0) is 6.54 Å². The Hall–Kier alpha value is -2.46. The molecule has 0 bridgehead atoms. The first kappa shape index (κ1) is 16.4. The molecule has 1 fully saturated rings. The van der Waals surface area contributed by atoms with Crippen molar-refractivity contribution >= 4 is 17.4 Å². The highest BCUT2D eigenvalue weighted by molar-refractivity contribution is 6.05. The molecule has 4 nitrogen and oxygen atoms in total. The number of amides is 1. The Morgan fingerprint density at radius 3 is 2.38 bits per heavy atom. The molecule has 124 valence electrons. The maximum atomic E-state index is 12.3. The van der Waals surface area contributed by atoms with Gasteiger partial charge in [0.1, 0.15) is 0 Å². The maximum Gasteiger partial charge on any atom is 0.255 e. The minimum absolute atomic E-state index is 0.0163. The summed E-state index contributed by atoms with van der Waals surface area (Å²) in [5.74, 6) is -0.180. The van der Waals surface area contributed by atoms with Crippen LogP contribution in [0.2, 0.25) is 0 Å². The van der Waals surface area contributed by atoms with Crippen molar-refractivity contribution in [3.8, 4) is 0 Å². The van der Waals surface area contributed by atoms with Gasteiger partial charge >= 0.3 is 0 Å². The molecular formula is C20H22N2O2.